The van der Waals surface area contributed by atoms with E-state index < -0.39 is 16.0 Å². The molecule has 0 fully saturated rings. The first kappa shape index (κ1) is 18.1. The molecule has 2 aromatic rings. The van der Waals surface area contributed by atoms with Gasteiger partial charge in [-0.1, -0.05) is 12.1 Å². The summed E-state index contributed by atoms with van der Waals surface area (Å²) in [5.74, 6) is -0.593. The second-order valence-corrected chi connectivity index (χ2v) is 6.28. The Labute approximate surface area is 144 Å². The minimum atomic E-state index is -4.34. The van der Waals surface area contributed by atoms with Gasteiger partial charge >= 0.3 is 0 Å². The predicted octanol–water partition coefficient (Wildman–Crippen LogP) is 1.46. The molecule has 0 radical (unpaired) electrons. The number of carbonyl (C=O) groups is 1. The van der Waals surface area contributed by atoms with Gasteiger partial charge in [0, 0.05) is 30.8 Å². The average Bonchev–Trinajstić information content (AvgIpc) is 2.61. The van der Waals surface area contributed by atoms with Gasteiger partial charge in [0.25, 0.3) is 16.0 Å². The molecular formula is C16H14N4O4S. The molecule has 1 heterocycles. The van der Waals surface area contributed by atoms with E-state index in [1.54, 1.807) is 30.6 Å². The molecule has 0 saturated carbocycles. The van der Waals surface area contributed by atoms with Gasteiger partial charge < -0.3 is 10.6 Å². The van der Waals surface area contributed by atoms with E-state index in [-0.39, 0.29) is 17.0 Å². The maximum absolute atomic E-state index is 12.0. The van der Waals surface area contributed by atoms with Crippen molar-refractivity contribution in [3.05, 3.63) is 66.1 Å². The molecule has 0 aliphatic rings. The van der Waals surface area contributed by atoms with Gasteiger partial charge in [0.1, 0.15) is 11.6 Å². The van der Waals surface area contributed by atoms with Gasteiger partial charge in [-0.2, -0.15) is 13.7 Å². The summed E-state index contributed by atoms with van der Waals surface area (Å²) in [6.07, 6.45) is 4.35. The lowest BCUT2D eigenvalue weighted by atomic mass is 10.2. The Morgan fingerprint density at radius 3 is 2.76 bits per heavy atom. The van der Waals surface area contributed by atoms with E-state index in [1.165, 1.54) is 24.3 Å². The molecular weight excluding hydrogens is 344 g/mol. The molecule has 8 nitrogen and oxygen atoms in total. The lowest BCUT2D eigenvalue weighted by Crippen LogP contribution is -2.24. The van der Waals surface area contributed by atoms with Crippen LogP contribution in [-0.2, 0) is 21.5 Å². The van der Waals surface area contributed by atoms with E-state index in [1.807, 2.05) is 0 Å². The zero-order valence-corrected chi connectivity index (χ0v) is 13.7. The number of aromatic nitrogens is 1. The van der Waals surface area contributed by atoms with E-state index in [0.29, 0.717) is 5.69 Å². The van der Waals surface area contributed by atoms with Gasteiger partial charge in [-0.05, 0) is 29.8 Å². The molecule has 1 aromatic carbocycles. The van der Waals surface area contributed by atoms with Crippen LogP contribution in [0, 0.1) is 11.3 Å². The minimum Gasteiger partial charge on any atom is -0.360 e. The van der Waals surface area contributed by atoms with Crippen LogP contribution in [0.2, 0.25) is 0 Å². The highest BCUT2D eigenvalue weighted by Gasteiger charge is 2.11. The van der Waals surface area contributed by atoms with Crippen molar-refractivity contribution in [2.24, 2.45) is 0 Å². The number of hydrogen-bond acceptors (Lipinski definition) is 6. The van der Waals surface area contributed by atoms with Crippen LogP contribution in [0.5, 0.6) is 0 Å². The maximum Gasteiger partial charge on any atom is 0.294 e. The van der Waals surface area contributed by atoms with Gasteiger partial charge in [0.05, 0.1) is 4.90 Å². The number of nitrogens with zero attached hydrogens (tertiary/aromatic N) is 2. The molecule has 0 aliphatic carbocycles. The van der Waals surface area contributed by atoms with Crippen LogP contribution in [0.1, 0.15) is 5.56 Å². The van der Waals surface area contributed by atoms with E-state index in [0.717, 1.165) is 11.8 Å². The fourth-order valence-corrected chi connectivity index (χ4v) is 2.36. The topological polar surface area (TPSA) is 132 Å². The third-order valence-electron chi connectivity index (χ3n) is 3.06. The summed E-state index contributed by atoms with van der Waals surface area (Å²) >= 11 is 0. The standard InChI is InChI=1S/C16H14N4O4S/c17-8-13(16(21)20-10-12-3-2-6-18-9-12)11-19-14-4-1-5-15(7-14)25(22,23)24/h1-7,9,11,19H,10H2,(H,20,21)(H,22,23,24)/b13-11-. The van der Waals surface area contributed by atoms with E-state index >= 15 is 0 Å². The third kappa shape index (κ3) is 5.42. The Balaban J connectivity index is 2.05. The molecule has 3 N–H and O–H groups in total. The number of rotatable bonds is 6. The zero-order valence-electron chi connectivity index (χ0n) is 12.9. The fourth-order valence-electron chi connectivity index (χ4n) is 1.83. The van der Waals surface area contributed by atoms with Crippen LogP contribution in [0.25, 0.3) is 0 Å². The SMILES string of the molecule is N#C/C(=C/Nc1cccc(S(=O)(=O)O)c1)C(=O)NCc1cccnc1. The summed E-state index contributed by atoms with van der Waals surface area (Å²) in [5.41, 5.74) is 0.881. The van der Waals surface area contributed by atoms with Crippen LogP contribution >= 0.6 is 0 Å². The lowest BCUT2D eigenvalue weighted by Gasteiger charge is -2.06. The Morgan fingerprint density at radius 1 is 1.32 bits per heavy atom. The molecule has 128 valence electrons. The number of carbonyl (C=O) groups excluding carboxylic acids is 1. The minimum absolute atomic E-state index is 0.193. The number of nitrogens with one attached hydrogen (secondary N) is 2. The van der Waals surface area contributed by atoms with Gasteiger partial charge in [0.15, 0.2) is 0 Å². The number of anilines is 1. The summed E-state index contributed by atoms with van der Waals surface area (Å²) in [6, 6.07) is 10.6. The number of hydrogen-bond donors (Lipinski definition) is 3. The first-order valence-corrected chi connectivity index (χ1v) is 8.45. The molecule has 0 saturated heterocycles. The highest BCUT2D eigenvalue weighted by atomic mass is 32.2. The van der Waals surface area contributed by atoms with Crippen LogP contribution in [-0.4, -0.2) is 23.9 Å². The van der Waals surface area contributed by atoms with Gasteiger partial charge in [-0.25, -0.2) is 0 Å². The zero-order chi connectivity index (χ0) is 18.3. The summed E-state index contributed by atoms with van der Waals surface area (Å²) in [4.78, 5) is 15.6. The van der Waals surface area contributed by atoms with Crippen molar-refractivity contribution in [2.45, 2.75) is 11.4 Å². The molecule has 9 heteroatoms. The molecule has 25 heavy (non-hydrogen) atoms. The molecule has 1 amide bonds. The van der Waals surface area contributed by atoms with Gasteiger partial charge in [0.2, 0.25) is 0 Å². The molecule has 0 unspecified atom stereocenters. The normalized spacial score (nSPS) is 11.4. The Bertz CT molecular complexity index is 934. The van der Waals surface area contributed by atoms with Crippen molar-refractivity contribution in [3.63, 3.8) is 0 Å². The monoisotopic (exact) mass is 358 g/mol. The number of benzene rings is 1. The highest BCUT2D eigenvalue weighted by Crippen LogP contribution is 2.15. The number of pyridine rings is 1. The summed E-state index contributed by atoms with van der Waals surface area (Å²) in [5, 5.41) is 14.3. The predicted molar refractivity (Wildman–Crippen MR) is 89.7 cm³/mol. The van der Waals surface area contributed by atoms with Crippen molar-refractivity contribution in [1.29, 1.82) is 5.26 Å². The Kier molecular flexibility index (Phi) is 5.84. The Hall–Kier alpha value is -3.22. The quantitative estimate of drug-likeness (QED) is 0.404. The smallest absolute Gasteiger partial charge is 0.294 e. The summed E-state index contributed by atoms with van der Waals surface area (Å²) in [6.45, 7) is 0.212. The third-order valence-corrected chi connectivity index (χ3v) is 3.91. The van der Waals surface area contributed by atoms with Crippen molar-refractivity contribution in [2.75, 3.05) is 5.32 Å². The fraction of sp³-hybridized carbons (Fsp3) is 0.0625. The van der Waals surface area contributed by atoms with Crippen molar-refractivity contribution in [3.8, 4) is 6.07 Å². The average molecular weight is 358 g/mol. The Morgan fingerprint density at radius 2 is 2.12 bits per heavy atom. The van der Waals surface area contributed by atoms with Crippen LogP contribution in [0.15, 0.2) is 65.5 Å². The maximum atomic E-state index is 12.0. The second kappa shape index (κ2) is 8.05. The molecule has 0 atom stereocenters. The number of amides is 1. The first-order chi connectivity index (χ1) is 11.9. The lowest BCUT2D eigenvalue weighted by molar-refractivity contribution is -0.117. The molecule has 2 rings (SSSR count). The van der Waals surface area contributed by atoms with Crippen LogP contribution in [0.4, 0.5) is 5.69 Å². The highest BCUT2D eigenvalue weighted by molar-refractivity contribution is 7.85. The first-order valence-electron chi connectivity index (χ1n) is 7.01. The van der Waals surface area contributed by atoms with Crippen molar-refractivity contribution >= 4 is 21.7 Å². The van der Waals surface area contributed by atoms with Crippen LogP contribution < -0.4 is 10.6 Å². The molecule has 1 aromatic heterocycles. The molecule has 0 bridgehead atoms. The second-order valence-electron chi connectivity index (χ2n) is 4.86. The van der Waals surface area contributed by atoms with Gasteiger partial charge in [-0.3, -0.25) is 14.3 Å². The van der Waals surface area contributed by atoms with Crippen molar-refractivity contribution in [1.82, 2.24) is 10.3 Å². The van der Waals surface area contributed by atoms with E-state index in [9.17, 15) is 13.2 Å². The van der Waals surface area contributed by atoms with E-state index in [2.05, 4.69) is 15.6 Å². The van der Waals surface area contributed by atoms with E-state index in [4.69, 9.17) is 9.81 Å². The van der Waals surface area contributed by atoms with Crippen molar-refractivity contribution < 1.29 is 17.8 Å². The largest absolute Gasteiger partial charge is 0.360 e. The number of nitriles is 1. The van der Waals surface area contributed by atoms with Crippen LogP contribution in [0.3, 0.4) is 0 Å². The summed E-state index contributed by atoms with van der Waals surface area (Å²) in [7, 11) is -4.34. The molecule has 0 aliphatic heterocycles. The van der Waals surface area contributed by atoms with Gasteiger partial charge in [-0.15, -0.1) is 0 Å². The summed E-state index contributed by atoms with van der Waals surface area (Å²) < 4.78 is 31.2. The molecule has 0 spiro atoms.